The molecule has 0 saturated carbocycles. The lowest BCUT2D eigenvalue weighted by Crippen LogP contribution is -2.14. The highest BCUT2D eigenvalue weighted by Gasteiger charge is 2.04. The van der Waals surface area contributed by atoms with E-state index in [0.717, 1.165) is 10.2 Å². The van der Waals surface area contributed by atoms with Crippen LogP contribution < -0.4 is 5.56 Å². The quantitative estimate of drug-likeness (QED) is 0.638. The van der Waals surface area contributed by atoms with E-state index in [0.29, 0.717) is 5.02 Å². The van der Waals surface area contributed by atoms with E-state index in [1.807, 2.05) is 11.4 Å². The molecular weight excluding hydrogens is 194 g/mol. The van der Waals surface area contributed by atoms with Crippen molar-refractivity contribution in [1.29, 1.82) is 0 Å². The number of aryl methyl sites for hydroxylation is 1. The molecule has 0 radical (unpaired) electrons. The van der Waals surface area contributed by atoms with Crippen molar-refractivity contribution in [3.63, 3.8) is 0 Å². The summed E-state index contributed by atoms with van der Waals surface area (Å²) < 4.78 is 1.60. The van der Waals surface area contributed by atoms with Crippen molar-refractivity contribution in [2.75, 3.05) is 0 Å². The molecule has 0 saturated heterocycles. The first-order valence-electron chi connectivity index (χ1n) is 3.43. The number of hydrogen-bond acceptors (Lipinski definition) is 2. The summed E-state index contributed by atoms with van der Waals surface area (Å²) in [7, 11) is 1.75. The Hall–Kier alpha value is -0.800. The number of rotatable bonds is 0. The Kier molecular flexibility index (Phi) is 1.70. The number of aromatic nitrogens is 1. The summed E-state index contributed by atoms with van der Waals surface area (Å²) in [5.74, 6) is 0. The lowest BCUT2D eigenvalue weighted by Gasteiger charge is -1.99. The minimum Gasteiger partial charge on any atom is -0.303 e. The van der Waals surface area contributed by atoms with Gasteiger partial charge in [-0.3, -0.25) is 4.79 Å². The van der Waals surface area contributed by atoms with Crippen molar-refractivity contribution in [3.05, 3.63) is 32.9 Å². The zero-order valence-electron chi connectivity index (χ0n) is 6.37. The Morgan fingerprint density at radius 1 is 1.58 bits per heavy atom. The summed E-state index contributed by atoms with van der Waals surface area (Å²) in [6.45, 7) is 0. The first kappa shape index (κ1) is 7.83. The van der Waals surface area contributed by atoms with Gasteiger partial charge in [-0.2, -0.15) is 0 Å². The van der Waals surface area contributed by atoms with E-state index in [-0.39, 0.29) is 5.56 Å². The normalized spacial score (nSPS) is 10.8. The van der Waals surface area contributed by atoms with Gasteiger partial charge in [0.2, 0.25) is 0 Å². The zero-order chi connectivity index (χ0) is 8.72. The van der Waals surface area contributed by atoms with Crippen LogP contribution in [0.5, 0.6) is 0 Å². The molecule has 0 unspecified atom stereocenters. The molecule has 0 aromatic carbocycles. The largest absolute Gasteiger partial charge is 0.303 e. The predicted molar refractivity (Wildman–Crippen MR) is 52.1 cm³/mol. The average Bonchev–Trinajstić information content (AvgIpc) is 2.48. The second-order valence-electron chi connectivity index (χ2n) is 2.53. The maximum Gasteiger partial charge on any atom is 0.252 e. The van der Waals surface area contributed by atoms with Gasteiger partial charge in [0.1, 0.15) is 4.83 Å². The number of nitrogens with zero attached hydrogens (tertiary/aromatic N) is 1. The molecule has 0 N–H and O–H groups in total. The number of thiophene rings is 1. The van der Waals surface area contributed by atoms with Gasteiger partial charge in [0, 0.05) is 18.5 Å². The van der Waals surface area contributed by atoms with Crippen molar-refractivity contribution in [1.82, 2.24) is 4.57 Å². The molecule has 2 rings (SSSR count). The molecule has 2 aromatic heterocycles. The van der Waals surface area contributed by atoms with Gasteiger partial charge >= 0.3 is 0 Å². The highest BCUT2D eigenvalue weighted by molar-refractivity contribution is 7.16. The van der Waals surface area contributed by atoms with Crippen molar-refractivity contribution in [2.24, 2.45) is 7.05 Å². The molecule has 4 heteroatoms. The van der Waals surface area contributed by atoms with E-state index >= 15 is 0 Å². The lowest BCUT2D eigenvalue weighted by atomic mass is 10.3. The van der Waals surface area contributed by atoms with Crippen LogP contribution in [0.1, 0.15) is 0 Å². The van der Waals surface area contributed by atoms with Crippen molar-refractivity contribution < 1.29 is 0 Å². The van der Waals surface area contributed by atoms with Crippen LogP contribution in [0.25, 0.3) is 10.2 Å². The minimum absolute atomic E-state index is 0.0602. The Labute approximate surface area is 78.0 Å². The molecule has 0 amide bonds. The molecule has 0 atom stereocenters. The van der Waals surface area contributed by atoms with E-state index in [2.05, 4.69) is 0 Å². The van der Waals surface area contributed by atoms with Crippen LogP contribution in [0, 0.1) is 0 Å². The maximum absolute atomic E-state index is 11.2. The second-order valence-corrected chi connectivity index (χ2v) is 3.83. The Bertz CT molecular complexity index is 485. The predicted octanol–water partition coefficient (Wildman–Crippen LogP) is 2.25. The smallest absolute Gasteiger partial charge is 0.252 e. The summed E-state index contributed by atoms with van der Waals surface area (Å²) in [5.41, 5.74) is -0.0602. The van der Waals surface area contributed by atoms with Crippen LogP contribution >= 0.6 is 22.9 Å². The third kappa shape index (κ3) is 0.974. The van der Waals surface area contributed by atoms with Crippen molar-refractivity contribution >= 4 is 33.2 Å². The van der Waals surface area contributed by atoms with Crippen molar-refractivity contribution in [2.45, 2.75) is 0 Å². The molecule has 2 heterocycles. The molecule has 0 aliphatic rings. The van der Waals surface area contributed by atoms with Crippen molar-refractivity contribution in [3.8, 4) is 0 Å². The van der Waals surface area contributed by atoms with Gasteiger partial charge in [-0.1, -0.05) is 11.6 Å². The van der Waals surface area contributed by atoms with Gasteiger partial charge in [-0.05, 0) is 11.4 Å². The van der Waals surface area contributed by atoms with Gasteiger partial charge in [-0.25, -0.2) is 0 Å². The van der Waals surface area contributed by atoms with Crippen LogP contribution in [-0.4, -0.2) is 4.57 Å². The monoisotopic (exact) mass is 199 g/mol. The standard InChI is InChI=1S/C8H6ClNOS/c1-10-7(11)4-6(9)5-2-3-12-8(5)10/h2-4H,1H3. The topological polar surface area (TPSA) is 22.0 Å². The Morgan fingerprint density at radius 3 is 3.08 bits per heavy atom. The molecule has 2 nitrogen and oxygen atoms in total. The van der Waals surface area contributed by atoms with Gasteiger partial charge in [0.25, 0.3) is 5.56 Å². The van der Waals surface area contributed by atoms with Gasteiger partial charge < -0.3 is 4.57 Å². The highest BCUT2D eigenvalue weighted by atomic mass is 35.5. The SMILES string of the molecule is Cn1c(=O)cc(Cl)c2ccsc21. The van der Waals surface area contributed by atoms with Crippen LogP contribution in [0.2, 0.25) is 5.02 Å². The molecule has 0 aliphatic carbocycles. The molecule has 0 bridgehead atoms. The van der Waals surface area contributed by atoms with Gasteiger partial charge in [0.15, 0.2) is 0 Å². The first-order chi connectivity index (χ1) is 5.70. The van der Waals surface area contributed by atoms with E-state index in [1.54, 1.807) is 11.6 Å². The Balaban J connectivity index is 3.07. The molecule has 62 valence electrons. The zero-order valence-corrected chi connectivity index (χ0v) is 7.95. The molecule has 0 aliphatic heterocycles. The summed E-state index contributed by atoms with van der Waals surface area (Å²) >= 11 is 7.39. The number of fused-ring (bicyclic) bond motifs is 1. The molecule has 2 aromatic rings. The van der Waals surface area contributed by atoms with Crippen LogP contribution in [0.15, 0.2) is 22.3 Å². The summed E-state index contributed by atoms with van der Waals surface area (Å²) in [4.78, 5) is 12.2. The third-order valence-corrected chi connectivity index (χ3v) is 3.09. The lowest BCUT2D eigenvalue weighted by molar-refractivity contribution is 0.915. The molecule has 0 fully saturated rings. The van der Waals surface area contributed by atoms with Gasteiger partial charge in [-0.15, -0.1) is 11.3 Å². The molecule has 0 spiro atoms. The third-order valence-electron chi connectivity index (χ3n) is 1.79. The molecular formula is C8H6ClNOS. The summed E-state index contributed by atoms with van der Waals surface area (Å²) in [6, 6.07) is 3.36. The number of halogens is 1. The number of pyridine rings is 1. The average molecular weight is 200 g/mol. The van der Waals surface area contributed by atoms with Crippen LogP contribution in [-0.2, 0) is 7.05 Å². The fourth-order valence-corrected chi connectivity index (χ4v) is 2.31. The highest BCUT2D eigenvalue weighted by Crippen LogP contribution is 2.25. The fourth-order valence-electron chi connectivity index (χ4n) is 1.13. The Morgan fingerprint density at radius 2 is 2.33 bits per heavy atom. The van der Waals surface area contributed by atoms with E-state index in [1.165, 1.54) is 17.4 Å². The fraction of sp³-hybridized carbons (Fsp3) is 0.125. The first-order valence-corrected chi connectivity index (χ1v) is 4.68. The van der Waals surface area contributed by atoms with Gasteiger partial charge in [0.05, 0.1) is 5.02 Å². The second kappa shape index (κ2) is 2.61. The van der Waals surface area contributed by atoms with E-state index < -0.39 is 0 Å². The van der Waals surface area contributed by atoms with E-state index in [4.69, 9.17) is 11.6 Å². The van der Waals surface area contributed by atoms with E-state index in [9.17, 15) is 4.79 Å². The van der Waals surface area contributed by atoms with Crippen LogP contribution in [0.3, 0.4) is 0 Å². The minimum atomic E-state index is -0.0602. The summed E-state index contributed by atoms with van der Waals surface area (Å²) in [5, 5.41) is 3.41. The van der Waals surface area contributed by atoms with Crippen LogP contribution in [0.4, 0.5) is 0 Å². The maximum atomic E-state index is 11.2. The summed E-state index contributed by atoms with van der Waals surface area (Å²) in [6.07, 6.45) is 0. The number of hydrogen-bond donors (Lipinski definition) is 0. The molecule has 12 heavy (non-hydrogen) atoms.